The number of esters is 1. The van der Waals surface area contributed by atoms with Gasteiger partial charge in [-0.3, -0.25) is 14.6 Å². The van der Waals surface area contributed by atoms with Gasteiger partial charge < -0.3 is 14.9 Å². The first-order valence-corrected chi connectivity index (χ1v) is 9.66. The number of fused-ring (bicyclic) bond motifs is 1. The van der Waals surface area contributed by atoms with Crippen molar-refractivity contribution in [3.8, 4) is 0 Å². The van der Waals surface area contributed by atoms with Crippen molar-refractivity contribution in [1.29, 1.82) is 0 Å². The average Bonchev–Trinajstić information content (AvgIpc) is 3.23. The second kappa shape index (κ2) is 9.90. The van der Waals surface area contributed by atoms with E-state index < -0.39 is 30.6 Å². The number of hydrogen-bond acceptors (Lipinski definition) is 8. The van der Waals surface area contributed by atoms with Crippen molar-refractivity contribution in [1.82, 2.24) is 15.8 Å². The number of alkyl halides is 1. The highest BCUT2D eigenvalue weighted by molar-refractivity contribution is 7.21. The molecule has 156 valence electrons. The molecule has 0 saturated heterocycles. The fourth-order valence-electron chi connectivity index (χ4n) is 2.56. The molecule has 1 atom stereocenters. The van der Waals surface area contributed by atoms with Gasteiger partial charge in [0.05, 0.1) is 27.8 Å². The number of amides is 1. The van der Waals surface area contributed by atoms with Crippen LogP contribution in [0, 0.1) is 0 Å². The lowest BCUT2D eigenvalue weighted by atomic mass is 10.2. The Bertz CT molecular complexity index is 1060. The van der Waals surface area contributed by atoms with E-state index in [9.17, 15) is 18.8 Å². The summed E-state index contributed by atoms with van der Waals surface area (Å²) in [6.45, 7) is -0.868. The van der Waals surface area contributed by atoms with Gasteiger partial charge in [0.25, 0.3) is 5.91 Å². The molecule has 8 nitrogen and oxygen atoms in total. The largest absolute Gasteiger partial charge is 0.468 e. The van der Waals surface area contributed by atoms with Gasteiger partial charge in [-0.15, -0.1) is 16.8 Å². The number of hydrogen-bond donors (Lipinski definition) is 2. The Kier molecular flexibility index (Phi) is 7.04. The molecular formula is C20H18FN3O5S. The van der Waals surface area contributed by atoms with Crippen LogP contribution >= 0.6 is 11.3 Å². The fraction of sp³-hybridized carbons (Fsp3) is 0.200. The van der Waals surface area contributed by atoms with Crippen LogP contribution in [-0.4, -0.2) is 42.5 Å². The van der Waals surface area contributed by atoms with Crippen molar-refractivity contribution in [3.63, 3.8) is 0 Å². The third-order valence-corrected chi connectivity index (χ3v) is 5.32. The Labute approximate surface area is 175 Å². The highest BCUT2D eigenvalue weighted by Gasteiger charge is 2.23. The van der Waals surface area contributed by atoms with Crippen LogP contribution in [0.3, 0.4) is 0 Å². The van der Waals surface area contributed by atoms with Crippen LogP contribution in [0.1, 0.15) is 25.6 Å². The number of carbonyl (C=O) groups excluding carboxylic acids is 3. The number of nitrogens with one attached hydrogen (secondary N) is 2. The fourth-order valence-corrected chi connectivity index (χ4v) is 3.59. The normalized spacial score (nSPS) is 11.7. The number of ether oxygens (including phenoxy) is 1. The second-order valence-corrected chi connectivity index (χ2v) is 7.14. The molecule has 0 spiro atoms. The lowest BCUT2D eigenvalue weighted by molar-refractivity contribution is -0.145. The van der Waals surface area contributed by atoms with Crippen molar-refractivity contribution < 1.29 is 28.3 Å². The van der Waals surface area contributed by atoms with Gasteiger partial charge in [0.2, 0.25) is 0 Å². The van der Waals surface area contributed by atoms with Crippen molar-refractivity contribution >= 4 is 39.4 Å². The molecule has 1 aromatic carbocycles. The molecule has 0 aliphatic carbocycles. The number of rotatable bonds is 8. The van der Waals surface area contributed by atoms with Crippen LogP contribution in [-0.2, 0) is 21.0 Å². The minimum atomic E-state index is -1.12. The second-order valence-electron chi connectivity index (χ2n) is 6.09. The predicted octanol–water partition coefficient (Wildman–Crippen LogP) is 2.40. The maximum atomic E-state index is 13.1. The average molecular weight is 431 g/mol. The first kappa shape index (κ1) is 21.3. The summed E-state index contributed by atoms with van der Waals surface area (Å²) in [4.78, 5) is 45.8. The van der Waals surface area contributed by atoms with E-state index in [-0.39, 0.29) is 6.54 Å². The molecule has 0 unspecified atom stereocenters. The van der Waals surface area contributed by atoms with E-state index in [1.165, 1.54) is 13.3 Å². The van der Waals surface area contributed by atoms with Crippen LogP contribution in [0.25, 0.3) is 10.2 Å². The molecule has 0 bridgehead atoms. The van der Waals surface area contributed by atoms with Crippen LogP contribution in [0.2, 0.25) is 0 Å². The van der Waals surface area contributed by atoms with Gasteiger partial charge in [0.15, 0.2) is 6.04 Å². The zero-order chi connectivity index (χ0) is 21.5. The number of benzene rings is 1. The lowest BCUT2D eigenvalue weighted by Gasteiger charge is -2.16. The Hall–Kier alpha value is -3.37. The van der Waals surface area contributed by atoms with E-state index in [4.69, 9.17) is 4.84 Å². The van der Waals surface area contributed by atoms with Gasteiger partial charge in [0.1, 0.15) is 6.67 Å². The highest BCUT2D eigenvalue weighted by atomic mass is 32.1. The first-order chi connectivity index (χ1) is 14.5. The summed E-state index contributed by atoms with van der Waals surface area (Å²) in [7, 11) is 1.17. The van der Waals surface area contributed by atoms with E-state index in [1.54, 1.807) is 42.5 Å². The summed E-state index contributed by atoms with van der Waals surface area (Å²) < 4.78 is 18.4. The molecular weight excluding hydrogens is 413 g/mol. The number of nitrogens with zero attached hydrogens (tertiary/aromatic N) is 1. The van der Waals surface area contributed by atoms with Crippen molar-refractivity contribution in [2.24, 2.45) is 0 Å². The van der Waals surface area contributed by atoms with E-state index in [0.29, 0.717) is 26.2 Å². The number of aromatic nitrogens is 1. The maximum absolute atomic E-state index is 13.1. The Balaban J connectivity index is 1.63. The van der Waals surface area contributed by atoms with E-state index in [1.807, 2.05) is 0 Å². The molecule has 3 rings (SSSR count). The molecule has 0 saturated carbocycles. The van der Waals surface area contributed by atoms with Gasteiger partial charge in [-0.1, -0.05) is 18.2 Å². The number of methoxy groups -OCH3 is 1. The minimum Gasteiger partial charge on any atom is -0.468 e. The van der Waals surface area contributed by atoms with Crippen LogP contribution in [0.15, 0.2) is 48.7 Å². The Morgan fingerprint density at radius 2 is 1.97 bits per heavy atom. The zero-order valence-corrected chi connectivity index (χ0v) is 16.7. The molecule has 2 aromatic heterocycles. The van der Waals surface area contributed by atoms with Gasteiger partial charge in [0, 0.05) is 18.3 Å². The van der Waals surface area contributed by atoms with Crippen molar-refractivity contribution in [2.45, 2.75) is 12.7 Å². The van der Waals surface area contributed by atoms with E-state index in [2.05, 4.69) is 20.5 Å². The summed E-state index contributed by atoms with van der Waals surface area (Å²) in [5, 5.41) is 2.57. The third kappa shape index (κ3) is 4.97. The molecule has 1 amide bonds. The van der Waals surface area contributed by atoms with E-state index >= 15 is 0 Å². The van der Waals surface area contributed by atoms with Crippen LogP contribution in [0.5, 0.6) is 0 Å². The SMILES string of the molecule is COC(=O)[C@@H](CNC(=O)c1cc2nccc(CF)c2s1)NOC(=O)c1ccccc1. The molecule has 0 fully saturated rings. The maximum Gasteiger partial charge on any atom is 0.356 e. The van der Waals surface area contributed by atoms with Gasteiger partial charge >= 0.3 is 11.9 Å². The smallest absolute Gasteiger partial charge is 0.356 e. The molecule has 0 aliphatic rings. The molecule has 10 heteroatoms. The molecule has 0 radical (unpaired) electrons. The number of halogens is 1. The predicted molar refractivity (Wildman–Crippen MR) is 108 cm³/mol. The minimum absolute atomic E-state index is 0.203. The number of pyridine rings is 1. The van der Waals surface area contributed by atoms with Gasteiger partial charge in [-0.05, 0) is 24.3 Å². The summed E-state index contributed by atoms with van der Waals surface area (Å²) in [6, 6.07) is 10.2. The monoisotopic (exact) mass is 431 g/mol. The Morgan fingerprint density at radius 1 is 1.20 bits per heavy atom. The van der Waals surface area contributed by atoms with Crippen molar-refractivity contribution in [2.75, 3.05) is 13.7 Å². The lowest BCUT2D eigenvalue weighted by Crippen LogP contribution is -2.47. The molecule has 30 heavy (non-hydrogen) atoms. The molecule has 0 aliphatic heterocycles. The van der Waals surface area contributed by atoms with Gasteiger partial charge in [-0.2, -0.15) is 0 Å². The van der Waals surface area contributed by atoms with E-state index in [0.717, 1.165) is 11.3 Å². The quantitative estimate of drug-likeness (QED) is 0.417. The van der Waals surface area contributed by atoms with Crippen LogP contribution < -0.4 is 10.8 Å². The standard InChI is InChI=1S/C20H18FN3O5S/c1-28-20(27)15(24-29-19(26)12-5-3-2-4-6-12)11-23-18(25)16-9-14-17(30-16)13(10-21)7-8-22-14/h2-9,15,24H,10-11H2,1H3,(H,23,25)/t15-/m1/s1. The topological polar surface area (TPSA) is 107 Å². The summed E-state index contributed by atoms with van der Waals surface area (Å²) in [5.41, 5.74) is 3.58. The molecule has 3 aromatic rings. The number of thiophene rings is 1. The summed E-state index contributed by atoms with van der Waals surface area (Å²) in [6.07, 6.45) is 1.48. The summed E-state index contributed by atoms with van der Waals surface area (Å²) >= 11 is 1.10. The number of carbonyl (C=O) groups is 3. The molecule has 2 heterocycles. The summed E-state index contributed by atoms with van der Waals surface area (Å²) in [5.74, 6) is -1.90. The van der Waals surface area contributed by atoms with Gasteiger partial charge in [-0.25, -0.2) is 9.18 Å². The highest BCUT2D eigenvalue weighted by Crippen LogP contribution is 2.27. The van der Waals surface area contributed by atoms with Crippen LogP contribution in [0.4, 0.5) is 4.39 Å². The van der Waals surface area contributed by atoms with Crippen molar-refractivity contribution in [3.05, 3.63) is 64.7 Å². The Morgan fingerprint density at radius 3 is 2.67 bits per heavy atom. The molecule has 2 N–H and O–H groups in total. The third-order valence-electron chi connectivity index (χ3n) is 4.12. The zero-order valence-electron chi connectivity index (χ0n) is 15.9. The first-order valence-electron chi connectivity index (χ1n) is 8.84. The number of hydroxylamine groups is 1.